The van der Waals surface area contributed by atoms with Gasteiger partial charge in [0.05, 0.1) is 2.88 Å². The van der Waals surface area contributed by atoms with Crippen LogP contribution in [0.2, 0.25) is 0 Å². The van der Waals surface area contributed by atoms with Crippen molar-refractivity contribution in [2.45, 2.75) is 19.4 Å². The number of halogens is 1. The largest absolute Gasteiger partial charge is 0.313 e. The van der Waals surface area contributed by atoms with Gasteiger partial charge in [-0.2, -0.15) is 0 Å². The lowest BCUT2D eigenvalue weighted by atomic mass is 10.1. The van der Waals surface area contributed by atoms with Gasteiger partial charge in [0.1, 0.15) is 0 Å². The zero-order valence-corrected chi connectivity index (χ0v) is 9.70. The first-order valence-corrected chi connectivity index (χ1v) is 5.65. The zero-order valence-electron chi connectivity index (χ0n) is 6.73. The molecule has 1 aromatic rings. The molecule has 1 unspecified atom stereocenters. The topological polar surface area (TPSA) is 12.0 Å². The van der Waals surface area contributed by atoms with Crippen LogP contribution in [-0.4, -0.2) is 7.05 Å². The van der Waals surface area contributed by atoms with Crippen molar-refractivity contribution in [3.63, 3.8) is 0 Å². The highest BCUT2D eigenvalue weighted by molar-refractivity contribution is 14.1. The van der Waals surface area contributed by atoms with Gasteiger partial charge in [0, 0.05) is 6.04 Å². The molecule has 0 aromatic carbocycles. The van der Waals surface area contributed by atoms with Gasteiger partial charge in [-0.3, -0.25) is 0 Å². The first-order chi connectivity index (χ1) is 5.27. The van der Waals surface area contributed by atoms with Crippen LogP contribution in [0.15, 0.2) is 11.4 Å². The molecule has 1 heterocycles. The van der Waals surface area contributed by atoms with Gasteiger partial charge >= 0.3 is 0 Å². The monoisotopic (exact) mass is 281 g/mol. The number of rotatable bonds is 3. The molecular formula is C8H12INS. The molecule has 0 fully saturated rings. The van der Waals surface area contributed by atoms with Crippen molar-refractivity contribution in [2.75, 3.05) is 7.05 Å². The van der Waals surface area contributed by atoms with Crippen LogP contribution in [0.1, 0.15) is 24.9 Å². The maximum Gasteiger partial charge on any atom is 0.0656 e. The van der Waals surface area contributed by atoms with Gasteiger partial charge in [-0.15, -0.1) is 11.3 Å². The molecular weight excluding hydrogens is 269 g/mol. The summed E-state index contributed by atoms with van der Waals surface area (Å²) in [5.74, 6) is 0. The summed E-state index contributed by atoms with van der Waals surface area (Å²) in [5, 5.41) is 5.51. The predicted octanol–water partition coefficient (Wildman–Crippen LogP) is 3.02. The van der Waals surface area contributed by atoms with Crippen LogP contribution in [0.3, 0.4) is 0 Å². The third-order valence-electron chi connectivity index (χ3n) is 1.75. The summed E-state index contributed by atoms with van der Waals surface area (Å²) in [6.07, 6.45) is 1.16. The SMILES string of the molecule is CCC(NC)c1csc(I)c1. The van der Waals surface area contributed by atoms with Crippen LogP contribution in [0, 0.1) is 2.88 Å². The second-order valence-electron chi connectivity index (χ2n) is 2.43. The summed E-state index contributed by atoms with van der Waals surface area (Å²) in [7, 11) is 2.01. The van der Waals surface area contributed by atoms with Gasteiger partial charge in [-0.1, -0.05) is 6.92 Å². The van der Waals surface area contributed by atoms with E-state index < -0.39 is 0 Å². The Morgan fingerprint density at radius 1 is 1.73 bits per heavy atom. The zero-order chi connectivity index (χ0) is 8.27. The molecule has 0 amide bonds. The average molecular weight is 281 g/mol. The maximum atomic E-state index is 3.28. The van der Waals surface area contributed by atoms with Crippen LogP contribution in [0.4, 0.5) is 0 Å². The van der Waals surface area contributed by atoms with E-state index in [1.165, 1.54) is 8.45 Å². The van der Waals surface area contributed by atoms with Crippen LogP contribution in [-0.2, 0) is 0 Å². The summed E-state index contributed by atoms with van der Waals surface area (Å²) in [6.45, 7) is 2.20. The standard InChI is InChI=1S/C8H12INS/c1-3-7(10-2)6-4-8(9)11-5-6/h4-5,7,10H,3H2,1-2H3. The summed E-state index contributed by atoms with van der Waals surface area (Å²) in [5.41, 5.74) is 1.42. The van der Waals surface area contributed by atoms with Crippen LogP contribution >= 0.6 is 33.9 Å². The lowest BCUT2D eigenvalue weighted by Crippen LogP contribution is -2.14. The Labute approximate surface area is 85.3 Å². The second-order valence-corrected chi connectivity index (χ2v) is 5.24. The number of thiophene rings is 1. The Balaban J connectivity index is 2.73. The normalized spacial score (nSPS) is 13.4. The van der Waals surface area contributed by atoms with Crippen LogP contribution in [0.25, 0.3) is 0 Å². The Bertz CT molecular complexity index is 218. The first kappa shape index (κ1) is 9.48. The molecule has 0 aliphatic heterocycles. The van der Waals surface area contributed by atoms with E-state index >= 15 is 0 Å². The van der Waals surface area contributed by atoms with Crippen molar-refractivity contribution >= 4 is 33.9 Å². The van der Waals surface area contributed by atoms with E-state index in [1.54, 1.807) is 0 Å². The van der Waals surface area contributed by atoms with Crippen LogP contribution in [0.5, 0.6) is 0 Å². The fourth-order valence-corrected chi connectivity index (χ4v) is 2.54. The molecule has 0 saturated heterocycles. The highest BCUT2D eigenvalue weighted by Crippen LogP contribution is 2.23. The van der Waals surface area contributed by atoms with Crippen molar-refractivity contribution in [3.8, 4) is 0 Å². The smallest absolute Gasteiger partial charge is 0.0656 e. The van der Waals surface area contributed by atoms with E-state index in [-0.39, 0.29) is 0 Å². The van der Waals surface area contributed by atoms with Gasteiger partial charge in [-0.05, 0) is 53.1 Å². The molecule has 0 bridgehead atoms. The molecule has 62 valence electrons. The molecule has 0 aliphatic rings. The molecule has 1 nitrogen and oxygen atoms in total. The fourth-order valence-electron chi connectivity index (χ4n) is 1.11. The van der Waals surface area contributed by atoms with Gasteiger partial charge in [0.25, 0.3) is 0 Å². The van der Waals surface area contributed by atoms with Crippen molar-refractivity contribution in [1.29, 1.82) is 0 Å². The Morgan fingerprint density at radius 2 is 2.45 bits per heavy atom. The van der Waals surface area contributed by atoms with Gasteiger partial charge in [0.15, 0.2) is 0 Å². The minimum atomic E-state index is 0.537. The molecule has 0 radical (unpaired) electrons. The second kappa shape index (κ2) is 4.42. The van der Waals surface area contributed by atoms with Crippen molar-refractivity contribution in [1.82, 2.24) is 5.32 Å². The van der Waals surface area contributed by atoms with Crippen molar-refractivity contribution in [2.24, 2.45) is 0 Å². The Morgan fingerprint density at radius 3 is 2.82 bits per heavy atom. The van der Waals surface area contributed by atoms with Gasteiger partial charge < -0.3 is 5.32 Å². The van der Waals surface area contributed by atoms with E-state index in [4.69, 9.17) is 0 Å². The fraction of sp³-hybridized carbons (Fsp3) is 0.500. The highest BCUT2D eigenvalue weighted by atomic mass is 127. The van der Waals surface area contributed by atoms with E-state index in [1.807, 2.05) is 18.4 Å². The van der Waals surface area contributed by atoms with Crippen molar-refractivity contribution in [3.05, 3.63) is 19.9 Å². The number of hydrogen-bond donors (Lipinski definition) is 1. The summed E-state index contributed by atoms with van der Waals surface area (Å²) < 4.78 is 1.37. The van der Waals surface area contributed by atoms with E-state index in [0.29, 0.717) is 6.04 Å². The molecule has 0 saturated carbocycles. The molecule has 1 aromatic heterocycles. The molecule has 0 spiro atoms. The summed E-state index contributed by atoms with van der Waals surface area (Å²) in [4.78, 5) is 0. The molecule has 1 N–H and O–H groups in total. The lowest BCUT2D eigenvalue weighted by Gasteiger charge is -2.10. The summed E-state index contributed by atoms with van der Waals surface area (Å²) >= 11 is 4.17. The minimum Gasteiger partial charge on any atom is -0.313 e. The summed E-state index contributed by atoms with van der Waals surface area (Å²) in [6, 6.07) is 2.78. The van der Waals surface area contributed by atoms with E-state index in [9.17, 15) is 0 Å². The van der Waals surface area contributed by atoms with E-state index in [2.05, 4.69) is 46.3 Å². The van der Waals surface area contributed by atoms with Gasteiger partial charge in [0.2, 0.25) is 0 Å². The maximum absolute atomic E-state index is 3.28. The molecule has 1 rings (SSSR count). The molecule has 0 aliphatic carbocycles. The Kier molecular flexibility index (Phi) is 3.81. The van der Waals surface area contributed by atoms with Gasteiger partial charge in [-0.25, -0.2) is 0 Å². The predicted molar refractivity (Wildman–Crippen MR) is 59.1 cm³/mol. The third-order valence-corrected chi connectivity index (χ3v) is 3.55. The average Bonchev–Trinajstić information content (AvgIpc) is 2.39. The Hall–Kier alpha value is 0.390. The molecule has 3 heteroatoms. The lowest BCUT2D eigenvalue weighted by molar-refractivity contribution is 0.578. The van der Waals surface area contributed by atoms with Crippen LogP contribution < -0.4 is 5.32 Å². The number of nitrogens with one attached hydrogen (secondary N) is 1. The minimum absolute atomic E-state index is 0.537. The molecule has 11 heavy (non-hydrogen) atoms. The first-order valence-electron chi connectivity index (χ1n) is 3.69. The quantitative estimate of drug-likeness (QED) is 0.840. The third kappa shape index (κ3) is 2.42. The number of hydrogen-bond acceptors (Lipinski definition) is 2. The van der Waals surface area contributed by atoms with Crippen molar-refractivity contribution < 1.29 is 0 Å². The highest BCUT2D eigenvalue weighted by Gasteiger charge is 2.07. The van der Waals surface area contributed by atoms with E-state index in [0.717, 1.165) is 6.42 Å². The molecule has 1 atom stereocenters.